The van der Waals surface area contributed by atoms with Gasteiger partial charge in [0.2, 0.25) is 0 Å². The van der Waals surface area contributed by atoms with E-state index in [1.54, 1.807) is 12.1 Å². The van der Waals surface area contributed by atoms with Gasteiger partial charge in [-0.3, -0.25) is 0 Å². The van der Waals surface area contributed by atoms with Gasteiger partial charge in [-0.1, -0.05) is 19.1 Å². The van der Waals surface area contributed by atoms with Crippen molar-refractivity contribution in [2.75, 3.05) is 25.5 Å². The van der Waals surface area contributed by atoms with Crippen LogP contribution < -0.4 is 15.0 Å². The molecular weight excluding hydrogens is 267 g/mol. The average molecular weight is 288 g/mol. The van der Waals surface area contributed by atoms with Crippen LogP contribution in [0, 0.1) is 5.82 Å². The lowest BCUT2D eigenvalue weighted by Crippen LogP contribution is -2.13. The highest BCUT2D eigenvalue weighted by molar-refractivity contribution is 5.50. The van der Waals surface area contributed by atoms with Crippen LogP contribution in [0.1, 0.15) is 12.5 Å². The highest BCUT2D eigenvalue weighted by Crippen LogP contribution is 2.29. The van der Waals surface area contributed by atoms with Crippen LogP contribution in [0.15, 0.2) is 42.5 Å². The topological polar surface area (TPSA) is 24.5 Å². The highest BCUT2D eigenvalue weighted by Gasteiger charge is 2.10. The first-order valence-electron chi connectivity index (χ1n) is 7.05. The van der Waals surface area contributed by atoms with Gasteiger partial charge in [0.1, 0.15) is 17.3 Å². The van der Waals surface area contributed by atoms with E-state index >= 15 is 0 Å². The molecular formula is C17H21FN2O. The van der Waals surface area contributed by atoms with E-state index < -0.39 is 0 Å². The maximum absolute atomic E-state index is 14.0. The third-order valence-corrected chi connectivity index (χ3v) is 3.19. The van der Waals surface area contributed by atoms with Crippen LogP contribution in [-0.2, 0) is 6.54 Å². The number of halogens is 1. The van der Waals surface area contributed by atoms with Crippen LogP contribution >= 0.6 is 0 Å². The van der Waals surface area contributed by atoms with Crippen molar-refractivity contribution in [3.63, 3.8) is 0 Å². The fraction of sp³-hybridized carbons (Fsp3) is 0.294. The SMILES string of the molecule is CCNCc1c(F)cccc1Oc1cccc(N(C)C)c1. The van der Waals surface area contributed by atoms with Crippen molar-refractivity contribution in [3.8, 4) is 11.5 Å². The van der Waals surface area contributed by atoms with Gasteiger partial charge in [0.25, 0.3) is 0 Å². The van der Waals surface area contributed by atoms with E-state index in [9.17, 15) is 4.39 Å². The molecule has 2 aromatic carbocycles. The maximum atomic E-state index is 14.0. The van der Waals surface area contributed by atoms with E-state index in [1.165, 1.54) is 6.07 Å². The number of rotatable bonds is 6. The van der Waals surface area contributed by atoms with Gasteiger partial charge in [0.05, 0.1) is 0 Å². The summed E-state index contributed by atoms with van der Waals surface area (Å²) >= 11 is 0. The number of nitrogens with zero attached hydrogens (tertiary/aromatic N) is 1. The molecule has 21 heavy (non-hydrogen) atoms. The summed E-state index contributed by atoms with van der Waals surface area (Å²) in [4.78, 5) is 2.00. The monoisotopic (exact) mass is 288 g/mol. The number of anilines is 1. The largest absolute Gasteiger partial charge is 0.457 e. The number of ether oxygens (including phenoxy) is 1. The lowest BCUT2D eigenvalue weighted by Gasteiger charge is -2.15. The first-order chi connectivity index (χ1) is 10.1. The molecule has 0 aliphatic rings. The predicted molar refractivity (Wildman–Crippen MR) is 84.6 cm³/mol. The van der Waals surface area contributed by atoms with Crippen molar-refractivity contribution in [2.45, 2.75) is 13.5 Å². The number of nitrogens with one attached hydrogen (secondary N) is 1. The van der Waals surface area contributed by atoms with Crippen molar-refractivity contribution in [3.05, 3.63) is 53.8 Å². The van der Waals surface area contributed by atoms with E-state index in [1.807, 2.05) is 50.2 Å². The van der Waals surface area contributed by atoms with Crippen molar-refractivity contribution in [2.24, 2.45) is 0 Å². The maximum Gasteiger partial charge on any atom is 0.134 e. The van der Waals surface area contributed by atoms with E-state index in [0.29, 0.717) is 23.6 Å². The molecule has 0 amide bonds. The first kappa shape index (κ1) is 15.3. The lowest BCUT2D eigenvalue weighted by molar-refractivity contribution is 0.463. The number of hydrogen-bond donors (Lipinski definition) is 1. The second-order valence-corrected chi connectivity index (χ2v) is 4.99. The summed E-state index contributed by atoms with van der Waals surface area (Å²) in [6.07, 6.45) is 0. The predicted octanol–water partition coefficient (Wildman–Crippen LogP) is 3.79. The Bertz CT molecular complexity index is 599. The van der Waals surface area contributed by atoms with E-state index in [-0.39, 0.29) is 5.82 Å². The molecule has 2 aromatic rings. The zero-order valence-corrected chi connectivity index (χ0v) is 12.7. The lowest BCUT2D eigenvalue weighted by atomic mass is 10.2. The van der Waals surface area contributed by atoms with Gasteiger partial charge in [-0.25, -0.2) is 4.39 Å². The molecule has 2 rings (SSSR count). The van der Waals surface area contributed by atoms with Gasteiger partial charge in [0.15, 0.2) is 0 Å². The molecule has 112 valence electrons. The Morgan fingerprint density at radius 2 is 1.90 bits per heavy atom. The van der Waals surface area contributed by atoms with Crippen LogP contribution in [0.5, 0.6) is 11.5 Å². The van der Waals surface area contributed by atoms with E-state index in [0.717, 1.165) is 12.2 Å². The second-order valence-electron chi connectivity index (χ2n) is 4.99. The molecule has 0 aliphatic heterocycles. The molecule has 0 bridgehead atoms. The Kier molecular flexibility index (Phi) is 5.17. The summed E-state index contributed by atoms with van der Waals surface area (Å²) in [6.45, 7) is 3.22. The van der Waals surface area contributed by atoms with Gasteiger partial charge < -0.3 is 15.0 Å². The molecule has 0 aliphatic carbocycles. The fourth-order valence-electron chi connectivity index (χ4n) is 2.01. The Morgan fingerprint density at radius 1 is 1.14 bits per heavy atom. The van der Waals surface area contributed by atoms with Crippen LogP contribution in [0.4, 0.5) is 10.1 Å². The first-order valence-corrected chi connectivity index (χ1v) is 7.05. The van der Waals surface area contributed by atoms with E-state index in [4.69, 9.17) is 4.74 Å². The van der Waals surface area contributed by atoms with Crippen molar-refractivity contribution >= 4 is 5.69 Å². The van der Waals surface area contributed by atoms with Gasteiger partial charge in [0, 0.05) is 38.0 Å². The molecule has 0 heterocycles. The van der Waals surface area contributed by atoms with Crippen LogP contribution in [-0.4, -0.2) is 20.6 Å². The summed E-state index contributed by atoms with van der Waals surface area (Å²) in [5, 5.41) is 3.13. The summed E-state index contributed by atoms with van der Waals surface area (Å²) in [5.74, 6) is 0.994. The summed E-state index contributed by atoms with van der Waals surface area (Å²) < 4.78 is 19.8. The number of benzene rings is 2. The molecule has 0 aromatic heterocycles. The third-order valence-electron chi connectivity index (χ3n) is 3.19. The van der Waals surface area contributed by atoms with Crippen LogP contribution in [0.2, 0.25) is 0 Å². The van der Waals surface area contributed by atoms with E-state index in [2.05, 4.69) is 5.32 Å². The summed E-state index contributed by atoms with van der Waals surface area (Å²) in [7, 11) is 3.94. The molecule has 0 spiro atoms. The zero-order chi connectivity index (χ0) is 15.2. The van der Waals surface area contributed by atoms with Crippen molar-refractivity contribution in [1.29, 1.82) is 0 Å². The quantitative estimate of drug-likeness (QED) is 0.875. The number of hydrogen-bond acceptors (Lipinski definition) is 3. The third kappa shape index (κ3) is 3.95. The minimum atomic E-state index is -0.253. The Hall–Kier alpha value is -2.07. The molecule has 0 saturated heterocycles. The van der Waals surface area contributed by atoms with Crippen LogP contribution in [0.3, 0.4) is 0 Å². The second kappa shape index (κ2) is 7.09. The molecule has 0 saturated carbocycles. The summed E-state index contributed by atoms with van der Waals surface area (Å²) in [5.41, 5.74) is 1.59. The molecule has 1 N–H and O–H groups in total. The minimum absolute atomic E-state index is 0.253. The molecule has 0 fully saturated rings. The average Bonchev–Trinajstić information content (AvgIpc) is 2.47. The molecule has 0 radical (unpaired) electrons. The fourth-order valence-corrected chi connectivity index (χ4v) is 2.01. The highest BCUT2D eigenvalue weighted by atomic mass is 19.1. The van der Waals surface area contributed by atoms with Crippen molar-refractivity contribution < 1.29 is 9.13 Å². The molecule has 0 unspecified atom stereocenters. The van der Waals surface area contributed by atoms with Gasteiger partial charge in [-0.15, -0.1) is 0 Å². The molecule has 4 heteroatoms. The Balaban J connectivity index is 2.26. The zero-order valence-electron chi connectivity index (χ0n) is 12.7. The molecule has 0 atom stereocenters. The van der Waals surface area contributed by atoms with Crippen LogP contribution in [0.25, 0.3) is 0 Å². The van der Waals surface area contributed by atoms with Gasteiger partial charge in [-0.2, -0.15) is 0 Å². The Morgan fingerprint density at radius 3 is 2.62 bits per heavy atom. The van der Waals surface area contributed by atoms with Gasteiger partial charge in [-0.05, 0) is 30.8 Å². The smallest absolute Gasteiger partial charge is 0.134 e. The normalized spacial score (nSPS) is 10.5. The summed E-state index contributed by atoms with van der Waals surface area (Å²) in [6, 6.07) is 12.6. The molecule has 3 nitrogen and oxygen atoms in total. The van der Waals surface area contributed by atoms with Crippen molar-refractivity contribution in [1.82, 2.24) is 5.32 Å². The Labute approximate surface area is 125 Å². The van der Waals surface area contributed by atoms with Gasteiger partial charge >= 0.3 is 0 Å². The standard InChI is InChI=1S/C17H21FN2O/c1-4-19-12-15-16(18)9-6-10-17(15)21-14-8-5-7-13(11-14)20(2)3/h5-11,19H,4,12H2,1-3H3. The minimum Gasteiger partial charge on any atom is -0.457 e.